The zero-order valence-corrected chi connectivity index (χ0v) is 19.6. The van der Waals surface area contributed by atoms with Gasteiger partial charge in [-0.1, -0.05) is 90.7 Å². The van der Waals surface area contributed by atoms with E-state index < -0.39 is 15.6 Å². The maximum Gasteiger partial charge on any atom is 0.303 e. The van der Waals surface area contributed by atoms with Gasteiger partial charge in [0, 0.05) is 6.42 Å². The van der Waals surface area contributed by atoms with E-state index in [1.54, 1.807) is 0 Å². The third-order valence-electron chi connectivity index (χ3n) is 5.37. The molecule has 1 N–H and O–H groups in total. The van der Waals surface area contributed by atoms with Crippen LogP contribution in [0.15, 0.2) is 18.2 Å². The first-order chi connectivity index (χ1) is 13.9. The van der Waals surface area contributed by atoms with Crippen molar-refractivity contribution in [2.75, 3.05) is 0 Å². The Bertz CT molecular complexity index is 655. The Balaban J connectivity index is 2.86. The molecule has 0 saturated carbocycles. The fourth-order valence-electron chi connectivity index (χ4n) is 3.57. The summed E-state index contributed by atoms with van der Waals surface area (Å²) in [6, 6.07) is 6.23. The van der Waals surface area contributed by atoms with Gasteiger partial charge in [0.25, 0.3) is 0 Å². The predicted molar refractivity (Wildman–Crippen MR) is 122 cm³/mol. The fourth-order valence-corrected chi connectivity index (χ4v) is 4.33. The van der Waals surface area contributed by atoms with Gasteiger partial charge in [0.15, 0.2) is 0 Å². The highest BCUT2D eigenvalue weighted by Gasteiger charge is 2.25. The zero-order valence-electron chi connectivity index (χ0n) is 18.8. The summed E-state index contributed by atoms with van der Waals surface area (Å²) in [5.74, 6) is 0.627. The van der Waals surface area contributed by atoms with Crippen LogP contribution >= 0.6 is 0 Å². The highest BCUT2D eigenvalue weighted by atomic mass is 32.2. The minimum Gasteiger partial charge on any atom is -0.472 e. The molecule has 0 saturated heterocycles. The lowest BCUT2D eigenvalue weighted by Crippen LogP contribution is -2.27. The number of ether oxygens (including phenoxy) is 1. The van der Waals surface area contributed by atoms with E-state index in [1.165, 1.54) is 56.9 Å². The van der Waals surface area contributed by atoms with Crippen LogP contribution in [0, 0.1) is 0 Å². The number of unbranched alkanes of at least 4 members (excludes halogenated alkanes) is 8. The van der Waals surface area contributed by atoms with Gasteiger partial charge in [-0.2, -0.15) is 8.42 Å². The Labute approximate surface area is 179 Å². The molecule has 0 aromatic heterocycles. The van der Waals surface area contributed by atoms with Crippen LogP contribution in [-0.4, -0.2) is 18.4 Å². The van der Waals surface area contributed by atoms with Gasteiger partial charge >= 0.3 is 10.1 Å². The van der Waals surface area contributed by atoms with E-state index >= 15 is 0 Å². The first kappa shape index (κ1) is 26.0. The largest absolute Gasteiger partial charge is 0.472 e. The van der Waals surface area contributed by atoms with E-state index in [-0.39, 0.29) is 6.42 Å². The Morgan fingerprint density at radius 3 is 1.97 bits per heavy atom. The van der Waals surface area contributed by atoms with Crippen molar-refractivity contribution in [3.63, 3.8) is 0 Å². The maximum atomic E-state index is 11.8. The van der Waals surface area contributed by atoms with Crippen molar-refractivity contribution >= 4 is 10.1 Å². The van der Waals surface area contributed by atoms with Crippen LogP contribution in [0.3, 0.4) is 0 Å². The van der Waals surface area contributed by atoms with Crippen LogP contribution in [-0.2, 0) is 23.0 Å². The molecule has 1 rings (SSSR count). The van der Waals surface area contributed by atoms with Gasteiger partial charge in [-0.05, 0) is 42.9 Å². The van der Waals surface area contributed by atoms with Crippen molar-refractivity contribution in [3.05, 3.63) is 29.3 Å². The lowest BCUT2D eigenvalue weighted by molar-refractivity contribution is 0.243. The lowest BCUT2D eigenvalue weighted by atomic mass is 10.00. The molecule has 1 aromatic carbocycles. The molecule has 5 heteroatoms. The van der Waals surface area contributed by atoms with Crippen LogP contribution in [0.2, 0.25) is 0 Å². The summed E-state index contributed by atoms with van der Waals surface area (Å²) in [4.78, 5) is 0. The normalized spacial score (nSPS) is 12.8. The molecule has 29 heavy (non-hydrogen) atoms. The molecular formula is C24H42O4S. The average Bonchev–Trinajstić information content (AvgIpc) is 2.68. The molecule has 0 heterocycles. The Kier molecular flexibility index (Phi) is 13.3. The molecule has 0 aliphatic heterocycles. The molecule has 1 aromatic rings. The van der Waals surface area contributed by atoms with Crippen LogP contribution in [0.25, 0.3) is 0 Å². The first-order valence-corrected chi connectivity index (χ1v) is 13.2. The quantitative estimate of drug-likeness (QED) is 0.213. The summed E-state index contributed by atoms with van der Waals surface area (Å²) < 4.78 is 39.0. The van der Waals surface area contributed by atoms with Gasteiger partial charge in [-0.25, -0.2) is 0 Å². The van der Waals surface area contributed by atoms with Gasteiger partial charge in [-0.3, -0.25) is 4.55 Å². The van der Waals surface area contributed by atoms with Crippen molar-refractivity contribution in [3.8, 4) is 5.75 Å². The molecule has 1 unspecified atom stereocenters. The summed E-state index contributed by atoms with van der Waals surface area (Å²) in [5, 5.41) is 0. The number of hydrogen-bond acceptors (Lipinski definition) is 3. The topological polar surface area (TPSA) is 63.6 Å². The molecule has 4 nitrogen and oxygen atoms in total. The van der Waals surface area contributed by atoms with E-state index in [0.717, 1.165) is 31.2 Å². The SMILES string of the molecule is CCCCCCCc1ccc(CCCCCCC)c(OC(CCC)S(=O)(=O)O)c1. The second kappa shape index (κ2) is 14.8. The van der Waals surface area contributed by atoms with E-state index in [0.29, 0.717) is 12.2 Å². The molecule has 1 atom stereocenters. The minimum absolute atomic E-state index is 0.288. The third kappa shape index (κ3) is 11.0. The standard InChI is InChI=1S/C24H42O4S/c1-4-7-9-11-13-16-21-18-19-22(17-14-12-10-8-5-2)23(20-21)28-24(15-6-3)29(25,26)27/h18-20,24H,4-17H2,1-3H3,(H,25,26,27). The van der Waals surface area contributed by atoms with Crippen LogP contribution in [0.1, 0.15) is 109 Å². The molecule has 0 bridgehead atoms. The molecule has 0 aliphatic carbocycles. The first-order valence-electron chi connectivity index (χ1n) is 11.7. The number of hydrogen-bond donors (Lipinski definition) is 1. The second-order valence-corrected chi connectivity index (χ2v) is 9.68. The summed E-state index contributed by atoms with van der Waals surface area (Å²) in [6.45, 7) is 6.31. The van der Waals surface area contributed by atoms with Crippen molar-refractivity contribution in [1.82, 2.24) is 0 Å². The van der Waals surface area contributed by atoms with Crippen molar-refractivity contribution in [1.29, 1.82) is 0 Å². The minimum atomic E-state index is -4.24. The third-order valence-corrected chi connectivity index (χ3v) is 6.36. The predicted octanol–water partition coefficient (Wildman–Crippen LogP) is 7.11. The maximum absolute atomic E-state index is 11.8. The summed E-state index contributed by atoms with van der Waals surface area (Å²) in [5.41, 5.74) is 1.03. The van der Waals surface area contributed by atoms with Crippen LogP contribution < -0.4 is 4.74 Å². The molecule has 0 amide bonds. The Hall–Kier alpha value is -1.07. The highest BCUT2D eigenvalue weighted by molar-refractivity contribution is 7.86. The van der Waals surface area contributed by atoms with Crippen molar-refractivity contribution in [2.24, 2.45) is 0 Å². The smallest absolute Gasteiger partial charge is 0.303 e. The fraction of sp³-hybridized carbons (Fsp3) is 0.750. The van der Waals surface area contributed by atoms with E-state index in [1.807, 2.05) is 13.0 Å². The summed E-state index contributed by atoms with van der Waals surface area (Å²) in [7, 11) is -4.24. The Morgan fingerprint density at radius 1 is 0.828 bits per heavy atom. The van der Waals surface area contributed by atoms with Crippen molar-refractivity contribution < 1.29 is 17.7 Å². The molecule has 0 spiro atoms. The van der Waals surface area contributed by atoms with Crippen LogP contribution in [0.5, 0.6) is 5.75 Å². The van der Waals surface area contributed by atoms with E-state index in [9.17, 15) is 13.0 Å². The Morgan fingerprint density at radius 2 is 1.41 bits per heavy atom. The van der Waals surface area contributed by atoms with Gasteiger partial charge in [0.2, 0.25) is 5.44 Å². The summed E-state index contributed by atoms with van der Waals surface area (Å²) >= 11 is 0. The monoisotopic (exact) mass is 426 g/mol. The molecule has 0 fully saturated rings. The van der Waals surface area contributed by atoms with E-state index in [2.05, 4.69) is 26.0 Å². The highest BCUT2D eigenvalue weighted by Crippen LogP contribution is 2.27. The molecule has 0 aliphatic rings. The molecular weight excluding hydrogens is 384 g/mol. The van der Waals surface area contributed by atoms with Gasteiger partial charge in [0.1, 0.15) is 5.75 Å². The summed E-state index contributed by atoms with van der Waals surface area (Å²) in [6.07, 6.45) is 14.8. The van der Waals surface area contributed by atoms with Gasteiger partial charge < -0.3 is 4.74 Å². The van der Waals surface area contributed by atoms with Gasteiger partial charge in [0.05, 0.1) is 0 Å². The lowest BCUT2D eigenvalue weighted by Gasteiger charge is -2.19. The molecule has 168 valence electrons. The van der Waals surface area contributed by atoms with Gasteiger partial charge in [-0.15, -0.1) is 0 Å². The average molecular weight is 427 g/mol. The number of aryl methyl sites for hydroxylation is 2. The zero-order chi connectivity index (χ0) is 21.5. The van der Waals surface area contributed by atoms with E-state index in [4.69, 9.17) is 4.74 Å². The molecule has 0 radical (unpaired) electrons. The number of rotatable bonds is 17. The number of benzene rings is 1. The van der Waals surface area contributed by atoms with Crippen molar-refractivity contribution in [2.45, 2.75) is 116 Å². The second-order valence-electron chi connectivity index (χ2n) is 8.12. The van der Waals surface area contributed by atoms with Crippen LogP contribution in [0.4, 0.5) is 0 Å².